The minimum Gasteiger partial charge on any atom is -0.351 e. The van der Waals surface area contributed by atoms with Gasteiger partial charge in [-0.25, -0.2) is 8.42 Å². The van der Waals surface area contributed by atoms with Crippen LogP contribution in [-0.4, -0.2) is 48.5 Å². The lowest BCUT2D eigenvalue weighted by Gasteiger charge is -2.27. The number of benzene rings is 2. The third kappa shape index (κ3) is 5.39. The minimum absolute atomic E-state index is 0.0307. The number of nitrogens with one attached hydrogen (secondary N) is 1. The number of aromatic nitrogens is 1. The predicted octanol–water partition coefficient (Wildman–Crippen LogP) is 3.40. The zero-order valence-corrected chi connectivity index (χ0v) is 19.7. The van der Waals surface area contributed by atoms with E-state index in [-0.39, 0.29) is 23.9 Å². The maximum absolute atomic E-state index is 13.1. The van der Waals surface area contributed by atoms with Crippen LogP contribution in [0.4, 0.5) is 0 Å². The summed E-state index contributed by atoms with van der Waals surface area (Å²) in [7, 11) is -3.93. The van der Waals surface area contributed by atoms with Crippen molar-refractivity contribution in [1.82, 2.24) is 14.8 Å². The van der Waals surface area contributed by atoms with Gasteiger partial charge in [-0.3, -0.25) is 9.59 Å². The highest BCUT2D eigenvalue weighted by atomic mass is 35.5. The van der Waals surface area contributed by atoms with Crippen LogP contribution < -0.4 is 5.32 Å². The van der Waals surface area contributed by atoms with Crippen molar-refractivity contribution in [2.24, 2.45) is 0 Å². The molecule has 1 fully saturated rings. The summed E-state index contributed by atoms with van der Waals surface area (Å²) >= 11 is 6.10. The first-order chi connectivity index (χ1) is 15.8. The molecule has 4 rings (SSSR count). The van der Waals surface area contributed by atoms with E-state index in [1.165, 1.54) is 6.20 Å². The van der Waals surface area contributed by atoms with Crippen LogP contribution in [0, 0.1) is 0 Å². The molecule has 0 atom stereocenters. The van der Waals surface area contributed by atoms with Crippen molar-refractivity contribution in [2.45, 2.75) is 37.2 Å². The van der Waals surface area contributed by atoms with Gasteiger partial charge in [0.05, 0.1) is 4.90 Å². The number of nitrogens with zero attached hydrogens (tertiary/aromatic N) is 2. The molecule has 2 aromatic carbocycles. The smallest absolute Gasteiger partial charge is 0.242 e. The lowest BCUT2D eigenvalue weighted by molar-refractivity contribution is -0.132. The summed E-state index contributed by atoms with van der Waals surface area (Å²) in [5, 5.41) is 3.63. The number of carbonyl (C=O) groups excluding carboxylic acids is 2. The van der Waals surface area contributed by atoms with Crippen molar-refractivity contribution in [2.75, 3.05) is 18.8 Å². The van der Waals surface area contributed by atoms with E-state index >= 15 is 0 Å². The van der Waals surface area contributed by atoms with Gasteiger partial charge in [0.1, 0.15) is 12.3 Å². The molecule has 0 aliphatic carbocycles. The van der Waals surface area contributed by atoms with Gasteiger partial charge in [0.15, 0.2) is 9.84 Å². The summed E-state index contributed by atoms with van der Waals surface area (Å²) in [5.74, 6) is -1.33. The molecule has 1 aliphatic rings. The van der Waals surface area contributed by atoms with E-state index in [4.69, 9.17) is 11.6 Å². The number of amides is 2. The highest BCUT2D eigenvalue weighted by molar-refractivity contribution is 7.92. The van der Waals surface area contributed by atoms with E-state index in [0.29, 0.717) is 21.5 Å². The number of sulfone groups is 1. The molecule has 2 amide bonds. The molecule has 1 saturated heterocycles. The first-order valence-corrected chi connectivity index (χ1v) is 13.0. The minimum atomic E-state index is -3.93. The molecule has 1 aliphatic heterocycles. The Morgan fingerprint density at radius 2 is 1.67 bits per heavy atom. The van der Waals surface area contributed by atoms with Gasteiger partial charge in [0.25, 0.3) is 0 Å². The summed E-state index contributed by atoms with van der Waals surface area (Å²) in [5.41, 5.74) is 1.36. The molecular formula is C24H26ClN3O4S. The Morgan fingerprint density at radius 3 is 2.42 bits per heavy atom. The average molecular weight is 488 g/mol. The second-order valence-electron chi connectivity index (χ2n) is 8.21. The Morgan fingerprint density at radius 1 is 0.970 bits per heavy atom. The van der Waals surface area contributed by atoms with E-state index in [0.717, 1.165) is 32.4 Å². The van der Waals surface area contributed by atoms with Crippen molar-refractivity contribution in [1.29, 1.82) is 0 Å². The van der Waals surface area contributed by atoms with Crippen molar-refractivity contribution in [3.63, 3.8) is 0 Å². The number of likely N-dealkylation sites (tertiary alicyclic amines) is 1. The Bertz CT molecular complexity index is 1280. The van der Waals surface area contributed by atoms with Crippen molar-refractivity contribution in [3.05, 3.63) is 65.3 Å². The zero-order chi connectivity index (χ0) is 23.4. The van der Waals surface area contributed by atoms with Crippen LogP contribution in [0.3, 0.4) is 0 Å². The number of hydrogen-bond donors (Lipinski definition) is 1. The van der Waals surface area contributed by atoms with Crippen LogP contribution in [0.15, 0.2) is 59.6 Å². The number of para-hydroxylation sites is 1. The SMILES string of the molecule is O=C(CS(=O)(=O)c1cn(CC(=O)N2CCCCC2)c2ccccc12)NCc1ccccc1Cl. The molecule has 3 aromatic rings. The van der Waals surface area contributed by atoms with Gasteiger partial charge in [-0.2, -0.15) is 0 Å². The Balaban J connectivity index is 1.52. The summed E-state index contributed by atoms with van der Waals surface area (Å²) < 4.78 is 27.9. The van der Waals surface area contributed by atoms with E-state index in [2.05, 4.69) is 5.32 Å². The molecule has 0 radical (unpaired) electrons. The largest absolute Gasteiger partial charge is 0.351 e. The van der Waals surface area contributed by atoms with Crippen LogP contribution >= 0.6 is 11.6 Å². The third-order valence-electron chi connectivity index (χ3n) is 5.86. The number of carbonyl (C=O) groups is 2. The maximum Gasteiger partial charge on any atom is 0.242 e. The number of halogens is 1. The van der Waals surface area contributed by atoms with Gasteiger partial charge in [-0.05, 0) is 37.0 Å². The Labute approximate surface area is 198 Å². The number of hydrogen-bond acceptors (Lipinski definition) is 4. The quantitative estimate of drug-likeness (QED) is 0.553. The molecule has 174 valence electrons. The fourth-order valence-electron chi connectivity index (χ4n) is 4.12. The molecule has 1 aromatic heterocycles. The molecule has 1 N–H and O–H groups in total. The van der Waals surface area contributed by atoms with Crippen LogP contribution in [0.1, 0.15) is 24.8 Å². The molecule has 7 nitrogen and oxygen atoms in total. The molecule has 9 heteroatoms. The average Bonchev–Trinajstić information content (AvgIpc) is 3.18. The van der Waals surface area contributed by atoms with Gasteiger partial charge in [0.2, 0.25) is 11.8 Å². The van der Waals surface area contributed by atoms with E-state index in [1.807, 2.05) is 4.90 Å². The highest BCUT2D eigenvalue weighted by Crippen LogP contribution is 2.27. The van der Waals surface area contributed by atoms with Crippen LogP contribution in [0.5, 0.6) is 0 Å². The van der Waals surface area contributed by atoms with E-state index in [9.17, 15) is 18.0 Å². The van der Waals surface area contributed by atoms with E-state index in [1.54, 1.807) is 53.1 Å². The standard InChI is InChI=1S/C24H26ClN3O4S/c25-20-10-4-2-8-18(20)14-26-23(29)17-33(31,32)22-15-28(21-11-5-3-9-19(21)22)16-24(30)27-12-6-1-7-13-27/h2-5,8-11,15H,1,6-7,12-14,16-17H2,(H,26,29). The normalized spacial score (nSPS) is 14.4. The van der Waals surface area contributed by atoms with E-state index < -0.39 is 21.5 Å². The van der Waals surface area contributed by atoms with Gasteiger partial charge >= 0.3 is 0 Å². The molecule has 0 spiro atoms. The summed E-state index contributed by atoms with van der Waals surface area (Å²) in [6.07, 6.45) is 4.57. The summed E-state index contributed by atoms with van der Waals surface area (Å²) in [4.78, 5) is 27.1. The number of piperidine rings is 1. The van der Waals surface area contributed by atoms with Crippen molar-refractivity contribution >= 4 is 44.2 Å². The van der Waals surface area contributed by atoms with Crippen molar-refractivity contribution in [3.8, 4) is 0 Å². The highest BCUT2D eigenvalue weighted by Gasteiger charge is 2.25. The molecule has 33 heavy (non-hydrogen) atoms. The number of rotatable bonds is 7. The molecule has 0 bridgehead atoms. The zero-order valence-electron chi connectivity index (χ0n) is 18.2. The maximum atomic E-state index is 13.1. The fourth-order valence-corrected chi connectivity index (χ4v) is 5.72. The second kappa shape index (κ2) is 9.97. The summed E-state index contributed by atoms with van der Waals surface area (Å²) in [6, 6.07) is 14.1. The monoisotopic (exact) mass is 487 g/mol. The number of fused-ring (bicyclic) bond motifs is 1. The molecular weight excluding hydrogens is 462 g/mol. The molecule has 0 unspecified atom stereocenters. The lowest BCUT2D eigenvalue weighted by atomic mass is 10.1. The van der Waals surface area contributed by atoms with Crippen LogP contribution in [0.2, 0.25) is 5.02 Å². The van der Waals surface area contributed by atoms with Crippen LogP contribution in [0.25, 0.3) is 10.9 Å². The first kappa shape index (κ1) is 23.3. The topological polar surface area (TPSA) is 88.5 Å². The second-order valence-corrected chi connectivity index (χ2v) is 10.6. The predicted molar refractivity (Wildman–Crippen MR) is 128 cm³/mol. The molecule has 0 saturated carbocycles. The van der Waals surface area contributed by atoms with Gasteiger partial charge in [-0.1, -0.05) is 48.0 Å². The Hall–Kier alpha value is -2.84. The fraction of sp³-hybridized carbons (Fsp3) is 0.333. The Kier molecular flexibility index (Phi) is 7.05. The third-order valence-corrected chi connectivity index (χ3v) is 7.86. The molecule has 2 heterocycles. The summed E-state index contributed by atoms with van der Waals surface area (Å²) in [6.45, 7) is 1.67. The van der Waals surface area contributed by atoms with Gasteiger partial charge in [-0.15, -0.1) is 0 Å². The van der Waals surface area contributed by atoms with Crippen molar-refractivity contribution < 1.29 is 18.0 Å². The first-order valence-electron chi connectivity index (χ1n) is 10.9. The lowest BCUT2D eigenvalue weighted by Crippen LogP contribution is -2.37. The van der Waals surface area contributed by atoms with Gasteiger partial charge in [0, 0.05) is 41.8 Å². The van der Waals surface area contributed by atoms with Gasteiger partial charge < -0.3 is 14.8 Å². The van der Waals surface area contributed by atoms with Crippen LogP contribution in [-0.2, 0) is 32.5 Å².